The van der Waals surface area contributed by atoms with E-state index in [2.05, 4.69) is 0 Å². The normalized spacial score (nSPS) is 12.1. The van der Waals surface area contributed by atoms with Crippen LogP contribution in [0.3, 0.4) is 0 Å². The minimum absolute atomic E-state index is 0.111. The summed E-state index contributed by atoms with van der Waals surface area (Å²) >= 11 is 0. The second-order valence-electron chi connectivity index (χ2n) is 3.25. The van der Waals surface area contributed by atoms with Gasteiger partial charge in [0.05, 0.1) is 12.2 Å². The standard InChI is InChI=1S/C11H14O5/c1-15-6-9(12)7-16-10-4-2-8(3-5-10)11(13)14/h2-5,9,12H,6-7H2,1H3,(H,13,14)/t9-/m0/s1. The second-order valence-corrected chi connectivity index (χ2v) is 3.25. The highest BCUT2D eigenvalue weighted by Crippen LogP contribution is 2.12. The van der Waals surface area contributed by atoms with Gasteiger partial charge < -0.3 is 19.7 Å². The topological polar surface area (TPSA) is 76.0 Å². The molecule has 0 aliphatic rings. The number of aliphatic hydroxyl groups is 1. The maximum atomic E-state index is 10.6. The van der Waals surface area contributed by atoms with Gasteiger partial charge in [0.15, 0.2) is 0 Å². The average molecular weight is 226 g/mol. The fourth-order valence-electron chi connectivity index (χ4n) is 1.13. The van der Waals surface area contributed by atoms with Gasteiger partial charge in [0.1, 0.15) is 18.5 Å². The minimum atomic E-state index is -0.981. The van der Waals surface area contributed by atoms with E-state index >= 15 is 0 Å². The predicted octanol–water partition coefficient (Wildman–Crippen LogP) is 0.771. The number of carboxylic acid groups (broad SMARTS) is 1. The van der Waals surface area contributed by atoms with Crippen LogP contribution in [0.5, 0.6) is 5.75 Å². The van der Waals surface area contributed by atoms with Gasteiger partial charge in [-0.2, -0.15) is 0 Å². The molecular formula is C11H14O5. The molecule has 88 valence electrons. The molecule has 1 rings (SSSR count). The largest absolute Gasteiger partial charge is 0.491 e. The van der Waals surface area contributed by atoms with Crippen molar-refractivity contribution in [2.75, 3.05) is 20.3 Å². The Bertz CT molecular complexity index is 333. The van der Waals surface area contributed by atoms with Crippen LogP contribution >= 0.6 is 0 Å². The molecule has 0 aliphatic heterocycles. The van der Waals surface area contributed by atoms with Crippen LogP contribution in [0, 0.1) is 0 Å². The van der Waals surface area contributed by atoms with Crippen molar-refractivity contribution in [3.8, 4) is 5.75 Å². The highest BCUT2D eigenvalue weighted by Gasteiger charge is 2.05. The van der Waals surface area contributed by atoms with E-state index in [-0.39, 0.29) is 18.8 Å². The lowest BCUT2D eigenvalue weighted by atomic mass is 10.2. The van der Waals surface area contributed by atoms with Crippen LogP contribution in [0.25, 0.3) is 0 Å². The van der Waals surface area contributed by atoms with E-state index in [0.29, 0.717) is 5.75 Å². The zero-order valence-corrected chi connectivity index (χ0v) is 8.92. The summed E-state index contributed by atoms with van der Waals surface area (Å²) in [5, 5.41) is 18.0. The number of carbonyl (C=O) groups is 1. The maximum absolute atomic E-state index is 10.6. The van der Waals surface area contributed by atoms with Gasteiger partial charge >= 0.3 is 5.97 Å². The van der Waals surface area contributed by atoms with Crippen LogP contribution in [0.1, 0.15) is 10.4 Å². The third-order valence-electron chi connectivity index (χ3n) is 1.90. The smallest absolute Gasteiger partial charge is 0.335 e. The Morgan fingerprint density at radius 3 is 2.44 bits per heavy atom. The lowest BCUT2D eigenvalue weighted by Crippen LogP contribution is -2.22. The Labute approximate surface area is 93.2 Å². The molecule has 0 radical (unpaired) electrons. The lowest BCUT2D eigenvalue weighted by Gasteiger charge is -2.11. The number of aromatic carboxylic acids is 1. The molecule has 0 fully saturated rings. The molecule has 0 spiro atoms. The summed E-state index contributed by atoms with van der Waals surface area (Å²) in [6.45, 7) is 0.313. The fraction of sp³-hybridized carbons (Fsp3) is 0.364. The number of aliphatic hydroxyl groups excluding tert-OH is 1. The molecule has 5 heteroatoms. The summed E-state index contributed by atoms with van der Waals surface area (Å²) in [4.78, 5) is 10.6. The first-order chi connectivity index (χ1) is 7.63. The molecule has 0 amide bonds. The van der Waals surface area contributed by atoms with Crippen LogP contribution in [-0.4, -0.2) is 42.6 Å². The van der Waals surface area contributed by atoms with Crippen molar-refractivity contribution < 1.29 is 24.5 Å². The van der Waals surface area contributed by atoms with Gasteiger partial charge in [-0.05, 0) is 24.3 Å². The van der Waals surface area contributed by atoms with Gasteiger partial charge in [0.2, 0.25) is 0 Å². The molecule has 0 aromatic heterocycles. The Morgan fingerprint density at radius 2 is 1.94 bits per heavy atom. The Balaban J connectivity index is 2.46. The number of benzene rings is 1. The molecule has 0 saturated heterocycles. The molecule has 0 bridgehead atoms. The zero-order valence-electron chi connectivity index (χ0n) is 8.92. The first-order valence-electron chi connectivity index (χ1n) is 4.76. The van der Waals surface area contributed by atoms with E-state index < -0.39 is 12.1 Å². The average Bonchev–Trinajstić information content (AvgIpc) is 2.27. The molecule has 5 nitrogen and oxygen atoms in total. The molecule has 0 saturated carbocycles. The molecule has 1 aromatic rings. The van der Waals surface area contributed by atoms with Crippen LogP contribution < -0.4 is 4.74 Å². The number of hydrogen-bond acceptors (Lipinski definition) is 4. The summed E-state index contributed by atoms with van der Waals surface area (Å²) in [6.07, 6.45) is -0.691. The zero-order chi connectivity index (χ0) is 12.0. The minimum Gasteiger partial charge on any atom is -0.491 e. The van der Waals surface area contributed by atoms with E-state index in [0.717, 1.165) is 0 Å². The summed E-state index contributed by atoms with van der Waals surface area (Å²) in [5.74, 6) is -0.467. The monoisotopic (exact) mass is 226 g/mol. The van der Waals surface area contributed by atoms with Crippen molar-refractivity contribution in [3.63, 3.8) is 0 Å². The summed E-state index contributed by atoms with van der Waals surface area (Å²) < 4.78 is 9.97. The Morgan fingerprint density at radius 1 is 1.31 bits per heavy atom. The van der Waals surface area contributed by atoms with Crippen LogP contribution in [0.2, 0.25) is 0 Å². The SMILES string of the molecule is COC[C@H](O)COc1ccc(C(=O)O)cc1. The number of ether oxygens (including phenoxy) is 2. The maximum Gasteiger partial charge on any atom is 0.335 e. The molecule has 0 heterocycles. The van der Waals surface area contributed by atoms with E-state index in [1.54, 1.807) is 12.1 Å². The molecule has 16 heavy (non-hydrogen) atoms. The Kier molecular flexibility index (Phi) is 4.75. The number of hydrogen-bond donors (Lipinski definition) is 2. The molecule has 1 atom stereocenters. The predicted molar refractivity (Wildman–Crippen MR) is 56.8 cm³/mol. The van der Waals surface area contributed by atoms with Crippen molar-refractivity contribution in [1.29, 1.82) is 0 Å². The van der Waals surface area contributed by atoms with E-state index in [4.69, 9.17) is 14.6 Å². The third kappa shape index (κ3) is 3.88. The first-order valence-corrected chi connectivity index (χ1v) is 4.76. The first kappa shape index (κ1) is 12.5. The molecular weight excluding hydrogens is 212 g/mol. The highest BCUT2D eigenvalue weighted by molar-refractivity contribution is 5.87. The summed E-state index contributed by atoms with van der Waals surface area (Å²) in [6, 6.07) is 5.98. The van der Waals surface area contributed by atoms with Crippen molar-refractivity contribution >= 4 is 5.97 Å². The highest BCUT2D eigenvalue weighted by atomic mass is 16.5. The van der Waals surface area contributed by atoms with E-state index in [1.807, 2.05) is 0 Å². The lowest BCUT2D eigenvalue weighted by molar-refractivity contribution is 0.0325. The quantitative estimate of drug-likeness (QED) is 0.749. The van der Waals surface area contributed by atoms with Gasteiger partial charge in [-0.25, -0.2) is 4.79 Å². The third-order valence-corrected chi connectivity index (χ3v) is 1.90. The van der Waals surface area contributed by atoms with Gasteiger partial charge in [0, 0.05) is 7.11 Å². The van der Waals surface area contributed by atoms with Crippen molar-refractivity contribution in [2.45, 2.75) is 6.10 Å². The van der Waals surface area contributed by atoms with Crippen molar-refractivity contribution in [2.24, 2.45) is 0 Å². The van der Waals surface area contributed by atoms with Crippen LogP contribution in [-0.2, 0) is 4.74 Å². The second kappa shape index (κ2) is 6.09. The number of rotatable bonds is 6. The molecule has 2 N–H and O–H groups in total. The van der Waals surface area contributed by atoms with E-state index in [9.17, 15) is 9.90 Å². The van der Waals surface area contributed by atoms with E-state index in [1.165, 1.54) is 19.2 Å². The summed E-state index contributed by atoms with van der Waals surface area (Å²) in [7, 11) is 1.49. The van der Waals surface area contributed by atoms with Crippen LogP contribution in [0.15, 0.2) is 24.3 Å². The molecule has 0 unspecified atom stereocenters. The molecule has 1 aromatic carbocycles. The van der Waals surface area contributed by atoms with Gasteiger partial charge in [-0.1, -0.05) is 0 Å². The van der Waals surface area contributed by atoms with Crippen LogP contribution in [0.4, 0.5) is 0 Å². The van der Waals surface area contributed by atoms with Crippen molar-refractivity contribution in [3.05, 3.63) is 29.8 Å². The fourth-order valence-corrected chi connectivity index (χ4v) is 1.13. The Hall–Kier alpha value is -1.59. The number of carboxylic acids is 1. The number of methoxy groups -OCH3 is 1. The van der Waals surface area contributed by atoms with Gasteiger partial charge in [-0.3, -0.25) is 0 Å². The van der Waals surface area contributed by atoms with Gasteiger partial charge in [0.25, 0.3) is 0 Å². The van der Waals surface area contributed by atoms with Gasteiger partial charge in [-0.15, -0.1) is 0 Å². The molecule has 0 aliphatic carbocycles. The summed E-state index contributed by atoms with van der Waals surface area (Å²) in [5.41, 5.74) is 0.199. The van der Waals surface area contributed by atoms with Crippen molar-refractivity contribution in [1.82, 2.24) is 0 Å².